The molecule has 3 rings (SSSR count). The summed E-state index contributed by atoms with van der Waals surface area (Å²) in [6, 6.07) is 7.75. The van der Waals surface area contributed by atoms with Crippen LogP contribution in [-0.2, 0) is 0 Å². The van der Waals surface area contributed by atoms with Gasteiger partial charge in [-0.05, 0) is 43.1 Å². The lowest BCUT2D eigenvalue weighted by molar-refractivity contribution is 0.0935. The van der Waals surface area contributed by atoms with Crippen molar-refractivity contribution in [2.75, 3.05) is 18.4 Å². The average Bonchev–Trinajstić information content (AvgIpc) is 2.99. The van der Waals surface area contributed by atoms with Crippen LogP contribution >= 0.6 is 11.3 Å². The van der Waals surface area contributed by atoms with Gasteiger partial charge in [0.1, 0.15) is 10.6 Å². The molecule has 25 heavy (non-hydrogen) atoms. The smallest absolute Gasteiger partial charge is 0.316 e. The topological polar surface area (TPSA) is 116 Å². The Balaban J connectivity index is 1.87. The first-order chi connectivity index (χ1) is 12.0. The molecular formula is C17H20N4O3S. The number of phenols is 1. The van der Waals surface area contributed by atoms with Gasteiger partial charge in [0.15, 0.2) is 0 Å². The highest BCUT2D eigenvalue weighted by Crippen LogP contribution is 2.36. The van der Waals surface area contributed by atoms with E-state index >= 15 is 0 Å². The number of urea groups is 1. The van der Waals surface area contributed by atoms with Gasteiger partial charge >= 0.3 is 6.03 Å². The lowest BCUT2D eigenvalue weighted by atomic mass is 10.1. The Morgan fingerprint density at radius 2 is 2.16 bits per heavy atom. The van der Waals surface area contributed by atoms with Crippen LogP contribution in [0.4, 0.5) is 10.5 Å². The van der Waals surface area contributed by atoms with Gasteiger partial charge in [-0.25, -0.2) is 4.79 Å². The van der Waals surface area contributed by atoms with Crippen LogP contribution < -0.4 is 21.7 Å². The molecule has 132 valence electrons. The summed E-state index contributed by atoms with van der Waals surface area (Å²) in [4.78, 5) is 25.1. The van der Waals surface area contributed by atoms with Gasteiger partial charge in [0, 0.05) is 17.5 Å². The number of carbonyl (C=O) groups excluding carboxylic acids is 2. The summed E-state index contributed by atoms with van der Waals surface area (Å²) in [5, 5.41) is 18.4. The number of primary amides is 1. The molecule has 0 bridgehead atoms. The fourth-order valence-electron chi connectivity index (χ4n) is 2.81. The number of amides is 3. The summed E-state index contributed by atoms with van der Waals surface area (Å²) < 4.78 is 0. The Morgan fingerprint density at radius 1 is 1.32 bits per heavy atom. The SMILES string of the molecule is NC(=O)Nc1cc(-c2cccc(O)c2)sc1C(=O)N[C@H]1CCCNC1. The lowest BCUT2D eigenvalue weighted by Crippen LogP contribution is -2.45. The molecule has 0 spiro atoms. The number of thiophene rings is 1. The molecular weight excluding hydrogens is 340 g/mol. The number of hydrogen-bond donors (Lipinski definition) is 5. The minimum atomic E-state index is -0.728. The molecule has 1 fully saturated rings. The molecule has 1 aliphatic heterocycles. The maximum Gasteiger partial charge on any atom is 0.316 e. The quantitative estimate of drug-likeness (QED) is 0.574. The molecule has 1 aliphatic rings. The molecule has 1 aromatic heterocycles. The van der Waals surface area contributed by atoms with Crippen LogP contribution in [0.15, 0.2) is 30.3 Å². The van der Waals surface area contributed by atoms with E-state index in [9.17, 15) is 14.7 Å². The number of nitrogens with two attached hydrogens (primary N) is 1. The lowest BCUT2D eigenvalue weighted by Gasteiger charge is -2.23. The first kappa shape index (κ1) is 17.2. The van der Waals surface area contributed by atoms with E-state index in [1.807, 2.05) is 6.07 Å². The van der Waals surface area contributed by atoms with E-state index < -0.39 is 6.03 Å². The zero-order valence-electron chi connectivity index (χ0n) is 13.5. The second kappa shape index (κ2) is 7.54. The first-order valence-electron chi connectivity index (χ1n) is 8.04. The van der Waals surface area contributed by atoms with E-state index in [1.165, 1.54) is 11.3 Å². The summed E-state index contributed by atoms with van der Waals surface area (Å²) in [7, 11) is 0. The third kappa shape index (κ3) is 4.28. The van der Waals surface area contributed by atoms with E-state index in [0.717, 1.165) is 36.4 Å². The highest BCUT2D eigenvalue weighted by Gasteiger charge is 2.22. The summed E-state index contributed by atoms with van der Waals surface area (Å²) in [5.41, 5.74) is 6.36. The van der Waals surface area contributed by atoms with Crippen molar-refractivity contribution in [1.29, 1.82) is 0 Å². The third-order valence-electron chi connectivity index (χ3n) is 3.96. The van der Waals surface area contributed by atoms with Crippen LogP contribution in [0.3, 0.4) is 0 Å². The Morgan fingerprint density at radius 3 is 2.84 bits per heavy atom. The number of hydrogen-bond acceptors (Lipinski definition) is 5. The van der Waals surface area contributed by atoms with Crippen molar-refractivity contribution in [3.05, 3.63) is 35.2 Å². The molecule has 7 nitrogen and oxygen atoms in total. The Labute approximate surface area is 149 Å². The second-order valence-corrected chi connectivity index (χ2v) is 6.96. The highest BCUT2D eigenvalue weighted by atomic mass is 32.1. The van der Waals surface area contributed by atoms with Crippen LogP contribution in [0.5, 0.6) is 5.75 Å². The number of anilines is 1. The van der Waals surface area contributed by atoms with E-state index in [-0.39, 0.29) is 17.7 Å². The number of phenolic OH excluding ortho intramolecular Hbond substituents is 1. The van der Waals surface area contributed by atoms with Crippen LogP contribution in [0, 0.1) is 0 Å². The van der Waals surface area contributed by atoms with Crippen LogP contribution in [0.2, 0.25) is 0 Å². The van der Waals surface area contributed by atoms with Gasteiger partial charge in [0.05, 0.1) is 5.69 Å². The number of nitrogens with one attached hydrogen (secondary N) is 3. The van der Waals surface area contributed by atoms with Gasteiger partial charge in [-0.2, -0.15) is 0 Å². The van der Waals surface area contributed by atoms with Gasteiger partial charge in [-0.15, -0.1) is 11.3 Å². The van der Waals surface area contributed by atoms with Crippen LogP contribution in [-0.4, -0.2) is 36.2 Å². The summed E-state index contributed by atoms with van der Waals surface area (Å²) in [5.74, 6) is -0.108. The monoisotopic (exact) mass is 360 g/mol. The largest absolute Gasteiger partial charge is 0.508 e. The van der Waals surface area contributed by atoms with Crippen LogP contribution in [0.25, 0.3) is 10.4 Å². The third-order valence-corrected chi connectivity index (χ3v) is 5.14. The van der Waals surface area contributed by atoms with Crippen molar-refractivity contribution in [3.63, 3.8) is 0 Å². The van der Waals surface area contributed by atoms with Gasteiger partial charge in [0.2, 0.25) is 0 Å². The molecule has 0 unspecified atom stereocenters. The Kier molecular flexibility index (Phi) is 5.20. The molecule has 6 N–H and O–H groups in total. The molecule has 2 heterocycles. The minimum absolute atomic E-state index is 0.0639. The Bertz CT molecular complexity index is 784. The fourth-order valence-corrected chi connectivity index (χ4v) is 3.83. The first-order valence-corrected chi connectivity index (χ1v) is 8.86. The van der Waals surface area contributed by atoms with Crippen molar-refractivity contribution in [3.8, 4) is 16.2 Å². The van der Waals surface area contributed by atoms with E-state index in [0.29, 0.717) is 10.6 Å². The number of piperidine rings is 1. The van der Waals surface area contributed by atoms with Crippen molar-refractivity contribution in [1.82, 2.24) is 10.6 Å². The summed E-state index contributed by atoms with van der Waals surface area (Å²) in [6.07, 6.45) is 1.93. The fraction of sp³-hybridized carbons (Fsp3) is 0.294. The molecule has 0 aliphatic carbocycles. The van der Waals surface area contributed by atoms with Crippen molar-refractivity contribution in [2.45, 2.75) is 18.9 Å². The molecule has 1 atom stereocenters. The van der Waals surface area contributed by atoms with Gasteiger partial charge in [0.25, 0.3) is 5.91 Å². The summed E-state index contributed by atoms with van der Waals surface area (Å²) in [6.45, 7) is 1.69. The predicted octanol–water partition coefficient (Wildman–Crippen LogP) is 2.09. The van der Waals surface area contributed by atoms with E-state index in [4.69, 9.17) is 5.73 Å². The van der Waals surface area contributed by atoms with Gasteiger partial charge in [-0.3, -0.25) is 4.79 Å². The maximum atomic E-state index is 12.7. The normalized spacial score (nSPS) is 17.0. The number of benzene rings is 1. The maximum absolute atomic E-state index is 12.7. The molecule has 0 saturated carbocycles. The van der Waals surface area contributed by atoms with E-state index in [2.05, 4.69) is 16.0 Å². The second-order valence-electron chi connectivity index (χ2n) is 5.91. The highest BCUT2D eigenvalue weighted by molar-refractivity contribution is 7.18. The Hall–Kier alpha value is -2.58. The van der Waals surface area contributed by atoms with Gasteiger partial charge < -0.3 is 26.8 Å². The number of rotatable bonds is 4. The molecule has 2 aromatic rings. The van der Waals surface area contributed by atoms with Crippen LogP contribution in [0.1, 0.15) is 22.5 Å². The molecule has 1 aromatic carbocycles. The molecule has 3 amide bonds. The minimum Gasteiger partial charge on any atom is -0.508 e. The molecule has 1 saturated heterocycles. The van der Waals surface area contributed by atoms with E-state index in [1.54, 1.807) is 24.3 Å². The number of carbonyl (C=O) groups is 2. The van der Waals surface area contributed by atoms with Crippen molar-refractivity contribution >= 4 is 29.0 Å². The standard InChI is InChI=1S/C17H20N4O3S/c18-17(24)21-13-8-14(10-3-1-5-12(22)7-10)25-15(13)16(23)20-11-4-2-6-19-9-11/h1,3,5,7-8,11,19,22H,2,4,6,9H2,(H,20,23)(H3,18,21,24)/t11-/m0/s1. The average molecular weight is 360 g/mol. The van der Waals surface area contributed by atoms with Crippen molar-refractivity contribution in [2.24, 2.45) is 5.73 Å². The van der Waals surface area contributed by atoms with Gasteiger partial charge in [-0.1, -0.05) is 12.1 Å². The molecule has 0 radical (unpaired) electrons. The predicted molar refractivity (Wildman–Crippen MR) is 98.0 cm³/mol. The summed E-state index contributed by atoms with van der Waals surface area (Å²) >= 11 is 1.25. The zero-order valence-corrected chi connectivity index (χ0v) is 14.4. The zero-order chi connectivity index (χ0) is 17.8. The molecule has 8 heteroatoms. The van der Waals surface area contributed by atoms with Crippen molar-refractivity contribution < 1.29 is 14.7 Å². The number of aromatic hydroxyl groups is 1.